The molecule has 0 aromatic heterocycles. The lowest BCUT2D eigenvalue weighted by Gasteiger charge is -2.48. The molecule has 4 aliphatic heterocycles. The first-order chi connectivity index (χ1) is 18.7. The molecule has 13 heteroatoms. The third-order valence-corrected chi connectivity index (χ3v) is 10.3. The fourth-order valence-corrected chi connectivity index (χ4v) is 9.28. The van der Waals surface area contributed by atoms with E-state index in [0.29, 0.717) is 5.75 Å². The second-order valence-corrected chi connectivity index (χ2v) is 12.9. The van der Waals surface area contributed by atoms with Gasteiger partial charge in [0.25, 0.3) is 0 Å². The number of carbonyl (C=O) groups is 3. The average molecular weight is 577 g/mol. The molecule has 2 spiro atoms. The van der Waals surface area contributed by atoms with Crippen LogP contribution in [0.15, 0.2) is 30.3 Å². The normalized spacial score (nSPS) is 49.5. The van der Waals surface area contributed by atoms with Gasteiger partial charge in [-0.15, -0.1) is 0 Å². The van der Waals surface area contributed by atoms with Gasteiger partial charge < -0.3 is 43.7 Å². The second kappa shape index (κ2) is 7.51. The first-order valence-corrected chi connectivity index (χ1v) is 13.4. The lowest BCUT2D eigenvalue weighted by molar-refractivity contribution is -0.240. The molecule has 40 heavy (non-hydrogen) atoms. The Hall–Kier alpha value is -2.84. The van der Waals surface area contributed by atoms with Crippen LogP contribution >= 0.6 is 12.2 Å². The summed E-state index contributed by atoms with van der Waals surface area (Å²) in [6, 6.07) is 8.43. The lowest BCUT2D eigenvalue weighted by atomic mass is 9.51. The van der Waals surface area contributed by atoms with Crippen LogP contribution in [0.1, 0.15) is 27.7 Å². The number of hydrogen-bond donors (Lipinski definition) is 3. The quantitative estimate of drug-likeness (QED) is 0.245. The molecule has 2 aliphatic carbocycles. The topological polar surface area (TPSA) is 167 Å². The van der Waals surface area contributed by atoms with Gasteiger partial charge in [0.15, 0.2) is 11.7 Å². The van der Waals surface area contributed by atoms with E-state index >= 15 is 0 Å². The molecule has 1 aromatic rings. The monoisotopic (exact) mass is 576 g/mol. The van der Waals surface area contributed by atoms with Crippen LogP contribution < -0.4 is 4.74 Å². The Morgan fingerprint density at radius 3 is 2.33 bits per heavy atom. The largest absolute Gasteiger partial charge is 0.456 e. The molecular formula is C27H28O12S. The smallest absolute Gasteiger partial charge is 0.358 e. The molecule has 6 fully saturated rings. The van der Waals surface area contributed by atoms with Crippen LogP contribution in [-0.2, 0) is 38.1 Å². The van der Waals surface area contributed by atoms with Crippen molar-refractivity contribution in [1.29, 1.82) is 0 Å². The lowest BCUT2D eigenvalue weighted by Crippen LogP contribution is -2.67. The molecule has 12 nitrogen and oxygen atoms in total. The van der Waals surface area contributed by atoms with E-state index in [1.165, 1.54) is 6.92 Å². The van der Waals surface area contributed by atoms with E-state index in [0.717, 1.165) is 0 Å². The number of benzene rings is 1. The zero-order chi connectivity index (χ0) is 28.8. The summed E-state index contributed by atoms with van der Waals surface area (Å²) in [6.45, 7) is 6.74. The molecule has 4 saturated heterocycles. The van der Waals surface area contributed by atoms with Crippen LogP contribution in [0.25, 0.3) is 0 Å². The maximum absolute atomic E-state index is 13.8. The molecule has 214 valence electrons. The zero-order valence-corrected chi connectivity index (χ0v) is 22.7. The van der Waals surface area contributed by atoms with Crippen LogP contribution in [0.2, 0.25) is 0 Å². The summed E-state index contributed by atoms with van der Waals surface area (Å²) in [5.41, 5.74) is -9.61. The van der Waals surface area contributed by atoms with Crippen molar-refractivity contribution >= 4 is 35.4 Å². The predicted octanol–water partition coefficient (Wildman–Crippen LogP) is -0.0105. The summed E-state index contributed by atoms with van der Waals surface area (Å²) >= 11 is 5.35. The Labute approximate surface area is 233 Å². The summed E-state index contributed by atoms with van der Waals surface area (Å²) in [7, 11) is 0. The first kappa shape index (κ1) is 26.1. The van der Waals surface area contributed by atoms with Crippen LogP contribution in [0, 0.1) is 28.1 Å². The van der Waals surface area contributed by atoms with Crippen molar-refractivity contribution in [2.45, 2.75) is 75.7 Å². The number of fused-ring (bicyclic) bond motifs is 1. The Morgan fingerprint density at radius 1 is 1.00 bits per heavy atom. The van der Waals surface area contributed by atoms with Crippen molar-refractivity contribution in [3.63, 3.8) is 0 Å². The third kappa shape index (κ3) is 2.38. The van der Waals surface area contributed by atoms with Gasteiger partial charge in [0.05, 0.1) is 17.4 Å². The summed E-state index contributed by atoms with van der Waals surface area (Å²) < 4.78 is 34.8. The number of carbonyl (C=O) groups excluding carboxylic acids is 3. The average Bonchev–Trinajstić information content (AvgIpc) is 3.57. The molecule has 1 aromatic carbocycles. The molecule has 12 atom stereocenters. The Balaban J connectivity index is 1.46. The van der Waals surface area contributed by atoms with Gasteiger partial charge in [0, 0.05) is 18.1 Å². The third-order valence-electron chi connectivity index (χ3n) is 10.1. The number of ether oxygens (including phenoxy) is 6. The van der Waals surface area contributed by atoms with Crippen LogP contribution in [-0.4, -0.2) is 86.5 Å². The molecular weight excluding hydrogens is 548 g/mol. The van der Waals surface area contributed by atoms with Crippen molar-refractivity contribution in [3.8, 4) is 5.75 Å². The minimum Gasteiger partial charge on any atom is -0.456 e. The first-order valence-electron chi connectivity index (χ1n) is 13.0. The zero-order valence-electron chi connectivity index (χ0n) is 21.9. The molecule has 3 N–H and O–H groups in total. The van der Waals surface area contributed by atoms with E-state index < -0.39 is 99.2 Å². The molecule has 4 heterocycles. The molecule has 2 saturated carbocycles. The van der Waals surface area contributed by atoms with Crippen molar-refractivity contribution in [2.75, 3.05) is 0 Å². The van der Waals surface area contributed by atoms with Crippen LogP contribution in [0.3, 0.4) is 0 Å². The van der Waals surface area contributed by atoms with Gasteiger partial charge in [0.2, 0.25) is 18.0 Å². The van der Waals surface area contributed by atoms with Crippen molar-refractivity contribution < 1.29 is 58.1 Å². The highest BCUT2D eigenvalue weighted by Gasteiger charge is 3.05. The van der Waals surface area contributed by atoms with E-state index in [1.54, 1.807) is 51.1 Å². The number of rotatable bonds is 2. The minimum atomic E-state index is -2.45. The number of aliphatic hydroxyl groups excluding tert-OH is 2. The van der Waals surface area contributed by atoms with Crippen molar-refractivity contribution in [1.82, 2.24) is 0 Å². The Bertz CT molecular complexity index is 1360. The van der Waals surface area contributed by atoms with Gasteiger partial charge in [0.1, 0.15) is 23.4 Å². The summed E-state index contributed by atoms with van der Waals surface area (Å²) in [4.78, 5) is 40.1. The fourth-order valence-electron chi connectivity index (χ4n) is 9.09. The van der Waals surface area contributed by atoms with Gasteiger partial charge >= 0.3 is 23.1 Å². The van der Waals surface area contributed by atoms with E-state index in [1.807, 2.05) is 0 Å². The van der Waals surface area contributed by atoms with Gasteiger partial charge in [-0.05, 0) is 24.5 Å². The SMILES string of the molecule is C[C@@H]1C(=O)OC2[C@H](O)C34C5OC(=O)C3(OC3OC(=O)[C@H](OC(=S)Oc6ccccc6)C34[C@H](C(C)(C)C)[C@H]5O)[C@]21O. The Kier molecular flexibility index (Phi) is 4.90. The highest BCUT2D eigenvalue weighted by molar-refractivity contribution is 7.79. The number of thiocarbonyl (C=S) groups is 1. The molecule has 6 unspecified atom stereocenters. The van der Waals surface area contributed by atoms with E-state index in [9.17, 15) is 29.7 Å². The molecule has 7 rings (SSSR count). The van der Waals surface area contributed by atoms with Gasteiger partial charge in [-0.3, -0.25) is 4.79 Å². The van der Waals surface area contributed by atoms with Gasteiger partial charge in [-0.1, -0.05) is 39.0 Å². The summed E-state index contributed by atoms with van der Waals surface area (Å²) in [5, 5.41) is 35.7. The highest BCUT2D eigenvalue weighted by Crippen LogP contribution is 2.84. The Morgan fingerprint density at radius 2 is 1.68 bits per heavy atom. The van der Waals surface area contributed by atoms with E-state index in [2.05, 4.69) is 0 Å². The number of para-hydroxylation sites is 1. The molecule has 0 radical (unpaired) electrons. The molecule has 0 amide bonds. The van der Waals surface area contributed by atoms with Crippen molar-refractivity contribution in [3.05, 3.63) is 30.3 Å². The van der Waals surface area contributed by atoms with Crippen LogP contribution in [0.5, 0.6) is 5.75 Å². The number of esters is 3. The highest BCUT2D eigenvalue weighted by atomic mass is 32.1. The molecule has 6 aliphatic rings. The molecule has 0 bridgehead atoms. The standard InChI is InChI=1S/C27H28O12S/c1-10-18(30)35-16-14(29)25-15-12(28)13(23(2,3)4)24(25)17(37-22(40)34-11-8-6-5-7-9-11)19(31)38-21(24)39-27(25,20(32)36-15)26(10,16)33/h5-10,12-17,21,28-29,33H,1-4H3/t10-,12-,13+,14+,15?,16?,17+,21?,24?,25?,26-,27?/m1/s1. The second-order valence-electron chi connectivity index (χ2n) is 12.5. The summed E-state index contributed by atoms with van der Waals surface area (Å²) in [6.07, 6.45) is -9.67. The number of hydrogen-bond acceptors (Lipinski definition) is 13. The predicted molar refractivity (Wildman–Crippen MR) is 132 cm³/mol. The number of aliphatic hydroxyl groups is 3. The van der Waals surface area contributed by atoms with Crippen LogP contribution in [0.4, 0.5) is 0 Å². The van der Waals surface area contributed by atoms with Gasteiger partial charge in [-0.25, -0.2) is 9.59 Å². The van der Waals surface area contributed by atoms with E-state index in [-0.39, 0.29) is 0 Å². The van der Waals surface area contributed by atoms with E-state index in [4.69, 9.17) is 40.6 Å². The summed E-state index contributed by atoms with van der Waals surface area (Å²) in [5.74, 6) is -4.89. The fraction of sp³-hybridized carbons (Fsp3) is 0.630. The minimum absolute atomic E-state index is 0.324. The van der Waals surface area contributed by atoms with Gasteiger partial charge in [-0.2, -0.15) is 0 Å². The maximum atomic E-state index is 13.8. The maximum Gasteiger partial charge on any atom is 0.358 e. The van der Waals surface area contributed by atoms with Crippen molar-refractivity contribution in [2.24, 2.45) is 28.1 Å².